The highest BCUT2D eigenvalue weighted by atomic mass is 32.1. The molecular formula is C46H38N6O7S. The lowest BCUT2D eigenvalue weighted by atomic mass is 9.65. The number of thiazole rings is 1. The molecule has 300 valence electrons. The van der Waals surface area contributed by atoms with Gasteiger partial charge in [0, 0.05) is 11.3 Å². The normalized spacial score (nSPS) is 22.9. The lowest BCUT2D eigenvalue weighted by molar-refractivity contribution is -0.177. The largest absolute Gasteiger partial charge is 0.491 e. The molecule has 13 nitrogen and oxygen atoms in total. The van der Waals surface area contributed by atoms with Crippen molar-refractivity contribution >= 4 is 56.2 Å². The van der Waals surface area contributed by atoms with Crippen LogP contribution in [0.3, 0.4) is 0 Å². The van der Waals surface area contributed by atoms with E-state index < -0.39 is 59.4 Å². The molecule has 4 amide bonds. The Morgan fingerprint density at radius 3 is 2.38 bits per heavy atom. The number of benzene rings is 5. The first kappa shape index (κ1) is 38.5. The van der Waals surface area contributed by atoms with Gasteiger partial charge in [-0.2, -0.15) is 0 Å². The number of amides is 4. The van der Waals surface area contributed by atoms with E-state index in [0.717, 1.165) is 15.8 Å². The van der Waals surface area contributed by atoms with Gasteiger partial charge in [0.25, 0.3) is 0 Å². The Morgan fingerprint density at radius 2 is 1.63 bits per heavy atom. The maximum Gasteiger partial charge on any atom is 0.324 e. The minimum atomic E-state index is -1.79. The number of hydrogen-bond acceptors (Lipinski definition) is 10. The second-order valence-corrected chi connectivity index (χ2v) is 15.7. The fraction of sp³-hybridized carbons (Fsp3) is 0.196. The number of nitrogens with zero attached hydrogens (tertiary/aromatic N) is 2. The summed E-state index contributed by atoms with van der Waals surface area (Å²) in [6.07, 6.45) is -0.851. The van der Waals surface area contributed by atoms with Crippen LogP contribution in [0.2, 0.25) is 0 Å². The number of urea groups is 1. The van der Waals surface area contributed by atoms with Crippen molar-refractivity contribution in [2.45, 2.75) is 29.6 Å². The number of fused-ring (bicyclic) bond motifs is 4. The number of aliphatic hydroxyl groups is 1. The van der Waals surface area contributed by atoms with Gasteiger partial charge >= 0.3 is 12.0 Å². The number of nitrogens with two attached hydrogens (primary N) is 1. The lowest BCUT2D eigenvalue weighted by Gasteiger charge is -2.46. The summed E-state index contributed by atoms with van der Waals surface area (Å²) in [4.78, 5) is 64.0. The SMILES string of the molecule is NC(=O)NCC#Cc1ccc2c(c1)[C@]1(C(=O)N2)[C@H](c2cccc(OCCO)c2)N2[C@H](c3ccccc3)[C@H](c3ccccc3)OC(=O)[C@H]2[C@@H]1C(=O)Nc1nc2ccccc2s1. The zero-order valence-electron chi connectivity index (χ0n) is 31.9. The Hall–Kier alpha value is -7.05. The van der Waals surface area contributed by atoms with Crippen molar-refractivity contribution < 1.29 is 33.8 Å². The van der Waals surface area contributed by atoms with E-state index >= 15 is 14.4 Å². The average Bonchev–Trinajstić information content (AvgIpc) is 3.91. The molecular weight excluding hydrogens is 781 g/mol. The van der Waals surface area contributed by atoms with Crippen LogP contribution in [0.25, 0.3) is 10.2 Å². The van der Waals surface area contributed by atoms with Crippen molar-refractivity contribution in [1.29, 1.82) is 0 Å². The third-order valence-corrected chi connectivity index (χ3v) is 12.2. The van der Waals surface area contributed by atoms with E-state index in [4.69, 9.17) is 15.2 Å². The molecule has 1 spiro atoms. The van der Waals surface area contributed by atoms with Gasteiger partial charge in [-0.05, 0) is 64.7 Å². The van der Waals surface area contributed by atoms with Gasteiger partial charge < -0.3 is 36.3 Å². The molecule has 5 aromatic carbocycles. The van der Waals surface area contributed by atoms with Gasteiger partial charge in [-0.25, -0.2) is 9.78 Å². The third kappa shape index (κ3) is 6.68. The predicted octanol–water partition coefficient (Wildman–Crippen LogP) is 5.60. The molecule has 6 atom stereocenters. The molecule has 0 aliphatic carbocycles. The Bertz CT molecular complexity index is 2670. The van der Waals surface area contributed by atoms with Crippen molar-refractivity contribution in [2.24, 2.45) is 11.7 Å². The fourth-order valence-electron chi connectivity index (χ4n) is 9.00. The highest BCUT2D eigenvalue weighted by Gasteiger charge is 2.74. The van der Waals surface area contributed by atoms with Crippen LogP contribution in [0.4, 0.5) is 15.6 Å². The molecule has 60 heavy (non-hydrogen) atoms. The number of aromatic nitrogens is 1. The minimum absolute atomic E-state index is 0.0177. The number of esters is 1. The van der Waals surface area contributed by atoms with Gasteiger partial charge in [-0.15, -0.1) is 0 Å². The average molecular weight is 819 g/mol. The first-order chi connectivity index (χ1) is 29.3. The number of rotatable bonds is 9. The predicted molar refractivity (Wildman–Crippen MR) is 225 cm³/mol. The molecule has 4 heterocycles. The smallest absolute Gasteiger partial charge is 0.324 e. The number of ether oxygens (including phenoxy) is 2. The summed E-state index contributed by atoms with van der Waals surface area (Å²) in [5.41, 5.74) is 7.65. The van der Waals surface area contributed by atoms with Crippen molar-refractivity contribution in [1.82, 2.24) is 15.2 Å². The topological polar surface area (TPSA) is 185 Å². The molecule has 1 aromatic heterocycles. The molecule has 3 aliphatic rings. The maximum atomic E-state index is 15.5. The number of hydrogen-bond donors (Lipinski definition) is 5. The summed E-state index contributed by atoms with van der Waals surface area (Å²) in [5.74, 6) is 3.20. The van der Waals surface area contributed by atoms with Crippen LogP contribution in [0, 0.1) is 17.8 Å². The first-order valence-corrected chi connectivity index (χ1v) is 20.2. The van der Waals surface area contributed by atoms with Gasteiger partial charge in [-0.3, -0.25) is 19.3 Å². The zero-order valence-corrected chi connectivity index (χ0v) is 32.7. The third-order valence-electron chi connectivity index (χ3n) is 11.2. The number of aliphatic hydroxyl groups excluding tert-OH is 1. The number of para-hydroxylation sites is 1. The number of primary amides is 1. The van der Waals surface area contributed by atoms with Crippen molar-refractivity contribution in [2.75, 3.05) is 30.4 Å². The van der Waals surface area contributed by atoms with Crippen LogP contribution in [0.1, 0.15) is 46.0 Å². The number of anilines is 2. The Balaban J connectivity index is 1.31. The van der Waals surface area contributed by atoms with E-state index in [1.54, 1.807) is 36.4 Å². The molecule has 6 aromatic rings. The van der Waals surface area contributed by atoms with Crippen LogP contribution in [0.15, 0.2) is 127 Å². The molecule has 3 aliphatic heterocycles. The van der Waals surface area contributed by atoms with E-state index in [-0.39, 0.29) is 19.8 Å². The first-order valence-electron chi connectivity index (χ1n) is 19.3. The summed E-state index contributed by atoms with van der Waals surface area (Å²) in [5, 5.41) is 18.5. The monoisotopic (exact) mass is 818 g/mol. The molecule has 6 N–H and O–H groups in total. The minimum Gasteiger partial charge on any atom is -0.491 e. The summed E-state index contributed by atoms with van der Waals surface area (Å²) in [7, 11) is 0. The second-order valence-electron chi connectivity index (χ2n) is 14.6. The Labute approximate surface area is 348 Å². The van der Waals surface area contributed by atoms with E-state index in [1.165, 1.54) is 11.3 Å². The summed E-state index contributed by atoms with van der Waals surface area (Å²) in [6, 6.07) is 35.2. The molecule has 0 unspecified atom stereocenters. The summed E-state index contributed by atoms with van der Waals surface area (Å²) >= 11 is 1.28. The maximum absolute atomic E-state index is 15.5. The molecule has 9 rings (SSSR count). The van der Waals surface area contributed by atoms with E-state index in [9.17, 15) is 9.90 Å². The van der Waals surface area contributed by atoms with Crippen LogP contribution in [0.5, 0.6) is 5.75 Å². The fourth-order valence-corrected chi connectivity index (χ4v) is 9.86. The van der Waals surface area contributed by atoms with Crippen LogP contribution >= 0.6 is 11.3 Å². The van der Waals surface area contributed by atoms with E-state index in [1.807, 2.05) is 95.9 Å². The van der Waals surface area contributed by atoms with E-state index in [0.29, 0.717) is 38.8 Å². The highest BCUT2D eigenvalue weighted by molar-refractivity contribution is 7.22. The van der Waals surface area contributed by atoms with Crippen molar-refractivity contribution in [3.05, 3.63) is 155 Å². The highest BCUT2D eigenvalue weighted by Crippen LogP contribution is 2.65. The number of carbonyl (C=O) groups excluding carboxylic acids is 4. The Kier molecular flexibility index (Phi) is 10.2. The van der Waals surface area contributed by atoms with Crippen molar-refractivity contribution in [3.63, 3.8) is 0 Å². The van der Waals surface area contributed by atoms with Gasteiger partial charge in [0.15, 0.2) is 5.13 Å². The van der Waals surface area contributed by atoms with Gasteiger partial charge in [0.2, 0.25) is 11.8 Å². The second kappa shape index (κ2) is 16.0. The lowest BCUT2D eigenvalue weighted by Crippen LogP contribution is -2.53. The molecule has 0 saturated carbocycles. The van der Waals surface area contributed by atoms with Gasteiger partial charge in [0.1, 0.15) is 29.9 Å². The van der Waals surface area contributed by atoms with Crippen LogP contribution in [-0.4, -0.2) is 64.6 Å². The van der Waals surface area contributed by atoms with E-state index in [2.05, 4.69) is 32.8 Å². The summed E-state index contributed by atoms with van der Waals surface area (Å²) < 4.78 is 13.3. The van der Waals surface area contributed by atoms with Crippen LogP contribution < -0.4 is 26.4 Å². The van der Waals surface area contributed by atoms with Gasteiger partial charge in [-0.1, -0.05) is 108 Å². The number of cyclic esters (lactones) is 1. The molecule has 0 radical (unpaired) electrons. The molecule has 2 fully saturated rings. The number of nitrogens with one attached hydrogen (secondary N) is 3. The Morgan fingerprint density at radius 1 is 0.900 bits per heavy atom. The zero-order chi connectivity index (χ0) is 41.4. The number of morpholine rings is 1. The molecule has 0 bridgehead atoms. The van der Waals surface area contributed by atoms with Crippen molar-refractivity contribution in [3.8, 4) is 17.6 Å². The van der Waals surface area contributed by atoms with Crippen LogP contribution in [-0.2, 0) is 24.5 Å². The standard InChI is InChI=1S/C46H38N6O7S/c47-44(57)48-22-10-11-27-20-21-33-32(25-27)46(43(56)49-33)36(41(54)51-45-50-34-18-7-8-19-35(34)60-45)38-42(55)59-39(29-14-5-2-6-15-29)37(28-12-3-1-4-13-28)52(38)40(46)30-16-9-17-31(26-30)58-24-23-53/h1-9,12-21,25-26,36-40,53H,22-24H2,(H,49,56)(H3,47,48,57)(H,50,51,54)/t36-,37-,38-,39+,40+,46-/m1/s1. The molecule has 14 heteroatoms. The molecule has 2 saturated heterocycles. The summed E-state index contributed by atoms with van der Waals surface area (Å²) in [6.45, 7) is -0.231. The van der Waals surface area contributed by atoms with Gasteiger partial charge in [0.05, 0.1) is 41.4 Å². The number of carbonyl (C=O) groups is 4. The quantitative estimate of drug-likeness (QED) is 0.0916.